The molecule has 4 heteroatoms. The van der Waals surface area contributed by atoms with Crippen LogP contribution in [0.4, 0.5) is 4.79 Å². The standard InChI is InChI=1S/C14H14N.CH2O3/c1-2-14-10-6-7-11-15(14)12-13-8-4-3-5-9-13;2-1(3)4/h2-11H,1,12H2;(H2,2,3,4)/q+1;/p-1. The third-order valence-electron chi connectivity index (χ3n) is 2.38. The number of hydrogen-bond donors (Lipinski definition) is 1. The number of carboxylic acid groups (broad SMARTS) is 2. The zero-order valence-corrected chi connectivity index (χ0v) is 10.4. The van der Waals surface area contributed by atoms with Gasteiger partial charge in [0.25, 0.3) is 0 Å². The van der Waals surface area contributed by atoms with Gasteiger partial charge < -0.3 is 15.0 Å². The number of hydrogen-bond acceptors (Lipinski definition) is 2. The lowest BCUT2D eigenvalue weighted by Gasteiger charge is -2.00. The Bertz CT molecular complexity index is 534. The van der Waals surface area contributed by atoms with Crippen LogP contribution in [-0.4, -0.2) is 11.3 Å². The van der Waals surface area contributed by atoms with Crippen LogP contribution in [0, 0.1) is 0 Å². The van der Waals surface area contributed by atoms with Crippen LogP contribution in [0.15, 0.2) is 61.3 Å². The van der Waals surface area contributed by atoms with Crippen molar-refractivity contribution in [1.29, 1.82) is 0 Å². The molecule has 0 aliphatic carbocycles. The zero-order valence-electron chi connectivity index (χ0n) is 10.4. The molecule has 0 spiro atoms. The predicted molar refractivity (Wildman–Crippen MR) is 70.3 cm³/mol. The molecule has 0 aliphatic rings. The van der Waals surface area contributed by atoms with Crippen molar-refractivity contribution in [3.05, 3.63) is 72.6 Å². The highest BCUT2D eigenvalue weighted by Gasteiger charge is 2.05. The average Bonchev–Trinajstić information content (AvgIpc) is 2.40. The molecule has 0 amide bonds. The summed E-state index contributed by atoms with van der Waals surface area (Å²) in [5.41, 5.74) is 2.44. The van der Waals surface area contributed by atoms with Gasteiger partial charge in [-0.15, -0.1) is 0 Å². The molecule has 2 rings (SSSR count). The minimum Gasteiger partial charge on any atom is -0.565 e. The van der Waals surface area contributed by atoms with Crippen LogP contribution in [0.1, 0.15) is 11.3 Å². The first-order chi connectivity index (χ1) is 9.13. The van der Waals surface area contributed by atoms with Gasteiger partial charge in [0, 0.05) is 23.8 Å². The highest BCUT2D eigenvalue weighted by molar-refractivity contribution is 5.50. The van der Waals surface area contributed by atoms with Gasteiger partial charge >= 0.3 is 0 Å². The first-order valence-electron chi connectivity index (χ1n) is 5.68. The molecule has 1 aromatic heterocycles. The molecule has 0 saturated carbocycles. The molecular formula is C15H15NO3. The summed E-state index contributed by atoms with van der Waals surface area (Å²) in [6.07, 6.45) is 1.87. The highest BCUT2D eigenvalue weighted by Crippen LogP contribution is 1.99. The van der Waals surface area contributed by atoms with Gasteiger partial charge in [-0.25, -0.2) is 0 Å². The van der Waals surface area contributed by atoms with E-state index in [0.717, 1.165) is 12.2 Å². The molecule has 19 heavy (non-hydrogen) atoms. The normalized spacial score (nSPS) is 9.05. The first kappa shape index (κ1) is 14.4. The molecule has 1 N–H and O–H groups in total. The number of rotatable bonds is 3. The van der Waals surface area contributed by atoms with E-state index in [1.807, 2.05) is 24.3 Å². The fourth-order valence-corrected chi connectivity index (χ4v) is 1.60. The summed E-state index contributed by atoms with van der Waals surface area (Å²) in [5.74, 6) is 0. The largest absolute Gasteiger partial charge is 0.565 e. The monoisotopic (exact) mass is 257 g/mol. The van der Waals surface area contributed by atoms with Crippen LogP contribution < -0.4 is 9.67 Å². The van der Waals surface area contributed by atoms with Crippen molar-refractivity contribution in [1.82, 2.24) is 0 Å². The Hall–Kier alpha value is -2.62. The Morgan fingerprint density at radius 3 is 2.37 bits per heavy atom. The smallest absolute Gasteiger partial charge is 0.249 e. The quantitative estimate of drug-likeness (QED) is 0.848. The number of nitrogens with zero attached hydrogens (tertiary/aromatic N) is 1. The molecule has 1 aromatic carbocycles. The van der Waals surface area contributed by atoms with Crippen LogP contribution in [-0.2, 0) is 6.54 Å². The highest BCUT2D eigenvalue weighted by atomic mass is 16.6. The van der Waals surface area contributed by atoms with E-state index in [1.165, 1.54) is 5.56 Å². The maximum Gasteiger partial charge on any atom is 0.249 e. The summed E-state index contributed by atoms with van der Waals surface area (Å²) in [4.78, 5) is 8.44. The van der Waals surface area contributed by atoms with Crippen LogP contribution in [0.2, 0.25) is 0 Å². The average molecular weight is 257 g/mol. The first-order valence-corrected chi connectivity index (χ1v) is 5.68. The molecule has 1 heterocycles. The van der Waals surface area contributed by atoms with Crippen LogP contribution in [0.3, 0.4) is 0 Å². The van der Waals surface area contributed by atoms with Crippen molar-refractivity contribution in [3.63, 3.8) is 0 Å². The van der Waals surface area contributed by atoms with Crippen molar-refractivity contribution < 1.29 is 19.6 Å². The van der Waals surface area contributed by atoms with E-state index in [1.54, 1.807) is 0 Å². The van der Waals surface area contributed by atoms with Gasteiger partial charge in [0.05, 0.1) is 0 Å². The molecule has 0 aliphatic heterocycles. The van der Waals surface area contributed by atoms with Crippen LogP contribution in [0.25, 0.3) is 6.08 Å². The second-order valence-corrected chi connectivity index (χ2v) is 3.71. The van der Waals surface area contributed by atoms with Gasteiger partial charge in [0.1, 0.15) is 0 Å². The number of pyridine rings is 1. The molecule has 2 aromatic rings. The summed E-state index contributed by atoms with van der Waals surface area (Å²) in [7, 11) is 0. The molecule has 0 saturated heterocycles. The topological polar surface area (TPSA) is 64.2 Å². The van der Waals surface area contributed by atoms with Crippen molar-refractivity contribution in [2.24, 2.45) is 0 Å². The van der Waals surface area contributed by atoms with Gasteiger partial charge in [0.2, 0.25) is 11.8 Å². The summed E-state index contributed by atoms with van der Waals surface area (Å²) < 4.78 is 2.18. The molecule has 0 radical (unpaired) electrons. The van der Waals surface area contributed by atoms with Crippen molar-refractivity contribution in [3.8, 4) is 0 Å². The molecular weight excluding hydrogens is 242 g/mol. The molecule has 0 unspecified atom stereocenters. The lowest BCUT2D eigenvalue weighted by molar-refractivity contribution is -0.690. The molecule has 4 nitrogen and oxygen atoms in total. The number of benzene rings is 1. The molecule has 0 atom stereocenters. The Balaban J connectivity index is 0.000000399. The number of carbonyl (C=O) groups is 1. The lowest BCUT2D eigenvalue weighted by atomic mass is 10.2. The van der Waals surface area contributed by atoms with Crippen molar-refractivity contribution in [2.75, 3.05) is 0 Å². The molecule has 0 bridgehead atoms. The predicted octanol–water partition coefficient (Wildman–Crippen LogP) is 1.55. The van der Waals surface area contributed by atoms with Crippen molar-refractivity contribution in [2.45, 2.75) is 6.54 Å². The van der Waals surface area contributed by atoms with Gasteiger partial charge in [-0.05, 0) is 6.07 Å². The van der Waals surface area contributed by atoms with E-state index in [-0.39, 0.29) is 0 Å². The Labute approximate surface area is 111 Å². The third-order valence-corrected chi connectivity index (χ3v) is 2.38. The summed E-state index contributed by atoms with van der Waals surface area (Å²) in [5, 5.41) is 15.3. The van der Waals surface area contributed by atoms with Gasteiger partial charge in [0.15, 0.2) is 12.7 Å². The van der Waals surface area contributed by atoms with Gasteiger partial charge in [-0.3, -0.25) is 0 Å². The summed E-state index contributed by atoms with van der Waals surface area (Å²) in [6.45, 7) is 4.70. The van der Waals surface area contributed by atoms with Crippen LogP contribution in [0.5, 0.6) is 0 Å². The Morgan fingerprint density at radius 2 is 1.79 bits per heavy atom. The number of aromatic nitrogens is 1. The summed E-state index contributed by atoms with van der Waals surface area (Å²) in [6, 6.07) is 16.6. The minimum absolute atomic E-state index is 0.892. The van der Waals surface area contributed by atoms with E-state index in [9.17, 15) is 0 Å². The third kappa shape index (κ3) is 5.50. The summed E-state index contributed by atoms with van der Waals surface area (Å²) >= 11 is 0. The fourth-order valence-electron chi connectivity index (χ4n) is 1.60. The van der Waals surface area contributed by atoms with Crippen LogP contribution >= 0.6 is 0 Å². The Kier molecular flexibility index (Phi) is 5.82. The van der Waals surface area contributed by atoms with E-state index < -0.39 is 6.16 Å². The maximum atomic E-state index is 8.44. The molecule has 0 fully saturated rings. The second-order valence-electron chi connectivity index (χ2n) is 3.71. The lowest BCUT2D eigenvalue weighted by Crippen LogP contribution is -2.36. The van der Waals surface area contributed by atoms with Crippen molar-refractivity contribution >= 4 is 12.2 Å². The van der Waals surface area contributed by atoms with E-state index in [2.05, 4.69) is 47.7 Å². The SMILES string of the molecule is C=Cc1cccc[n+]1Cc1ccccc1.O=C([O-])O. The minimum atomic E-state index is -2.08. The van der Waals surface area contributed by atoms with E-state index >= 15 is 0 Å². The van der Waals surface area contributed by atoms with E-state index in [0.29, 0.717) is 0 Å². The van der Waals surface area contributed by atoms with Gasteiger partial charge in [-0.1, -0.05) is 36.9 Å². The molecule has 98 valence electrons. The Morgan fingerprint density at radius 1 is 1.21 bits per heavy atom. The zero-order chi connectivity index (χ0) is 14.1. The second kappa shape index (κ2) is 7.66. The fraction of sp³-hybridized carbons (Fsp3) is 0.0667. The van der Waals surface area contributed by atoms with Gasteiger partial charge in [-0.2, -0.15) is 4.57 Å². The van der Waals surface area contributed by atoms with E-state index in [4.69, 9.17) is 15.0 Å². The maximum absolute atomic E-state index is 8.44.